The van der Waals surface area contributed by atoms with Gasteiger partial charge in [0.25, 0.3) is 0 Å². The summed E-state index contributed by atoms with van der Waals surface area (Å²) in [6.45, 7) is 9.32. The van der Waals surface area contributed by atoms with Crippen molar-refractivity contribution in [3.05, 3.63) is 42.5 Å². The van der Waals surface area contributed by atoms with Crippen LogP contribution in [0.4, 0.5) is 5.69 Å². The fourth-order valence-electron chi connectivity index (χ4n) is 2.75. The Morgan fingerprint density at radius 3 is 2.96 bits per heavy atom. The summed E-state index contributed by atoms with van der Waals surface area (Å²) in [5.41, 5.74) is 1.80. The minimum atomic E-state index is -0.0824. The predicted molar refractivity (Wildman–Crippen MR) is 117 cm³/mol. The van der Waals surface area contributed by atoms with Crippen molar-refractivity contribution in [1.82, 2.24) is 10.6 Å². The van der Waals surface area contributed by atoms with Gasteiger partial charge in [0.1, 0.15) is 0 Å². The Balaban J connectivity index is 0.00000338. The number of nitrogens with zero attached hydrogens (tertiary/aromatic N) is 1. The monoisotopic (exact) mass is 472 g/mol. The zero-order valence-corrected chi connectivity index (χ0v) is 17.8. The SMILES string of the molecule is C=CCNC(=NCc1cccc(NC(C)=O)c1)NC(C)C1CCCO1.I. The molecule has 1 fully saturated rings. The number of rotatable bonds is 7. The summed E-state index contributed by atoms with van der Waals surface area (Å²) in [6, 6.07) is 7.88. The van der Waals surface area contributed by atoms with E-state index in [2.05, 4.69) is 34.4 Å². The molecule has 0 aromatic heterocycles. The van der Waals surface area contributed by atoms with Crippen molar-refractivity contribution < 1.29 is 9.53 Å². The maximum Gasteiger partial charge on any atom is 0.221 e. The standard InChI is InChI=1S/C19H28N4O2.HI/c1-4-10-20-19(22-14(2)18-9-6-11-25-18)21-13-16-7-5-8-17(12-16)23-15(3)24;/h4-5,7-8,12,14,18H,1,6,9-11,13H2,2-3H3,(H,23,24)(H2,20,21,22);1H. The van der Waals surface area contributed by atoms with E-state index in [9.17, 15) is 4.79 Å². The molecule has 0 aliphatic carbocycles. The second-order valence-electron chi connectivity index (χ2n) is 6.20. The number of anilines is 1. The van der Waals surface area contributed by atoms with Crippen LogP contribution in [0, 0.1) is 0 Å². The highest BCUT2D eigenvalue weighted by molar-refractivity contribution is 14.0. The number of carbonyl (C=O) groups is 1. The number of halogens is 1. The number of ether oxygens (including phenoxy) is 1. The van der Waals surface area contributed by atoms with Crippen LogP contribution >= 0.6 is 24.0 Å². The zero-order valence-electron chi connectivity index (χ0n) is 15.5. The largest absolute Gasteiger partial charge is 0.376 e. The van der Waals surface area contributed by atoms with Gasteiger partial charge in [-0.2, -0.15) is 0 Å². The van der Waals surface area contributed by atoms with Gasteiger partial charge in [-0.15, -0.1) is 30.6 Å². The van der Waals surface area contributed by atoms with Crippen molar-refractivity contribution >= 4 is 41.5 Å². The number of hydrogen-bond donors (Lipinski definition) is 3. The first kappa shape index (κ1) is 22.4. The van der Waals surface area contributed by atoms with Crippen LogP contribution in [0.3, 0.4) is 0 Å². The Bertz CT molecular complexity index is 615. The third-order valence-electron chi connectivity index (χ3n) is 3.97. The summed E-state index contributed by atoms with van der Waals surface area (Å²) >= 11 is 0. The molecule has 0 saturated carbocycles. The molecule has 1 aliphatic rings. The molecule has 1 amide bonds. The van der Waals surface area contributed by atoms with E-state index in [0.717, 1.165) is 36.7 Å². The lowest BCUT2D eigenvalue weighted by Gasteiger charge is -2.22. The highest BCUT2D eigenvalue weighted by atomic mass is 127. The number of benzene rings is 1. The lowest BCUT2D eigenvalue weighted by molar-refractivity contribution is -0.114. The Hall–Kier alpha value is -1.61. The smallest absolute Gasteiger partial charge is 0.221 e. The summed E-state index contributed by atoms with van der Waals surface area (Å²) < 4.78 is 5.73. The van der Waals surface area contributed by atoms with Gasteiger partial charge in [-0.1, -0.05) is 18.2 Å². The summed E-state index contributed by atoms with van der Waals surface area (Å²) in [4.78, 5) is 15.8. The van der Waals surface area contributed by atoms with Crippen molar-refractivity contribution in [1.29, 1.82) is 0 Å². The number of nitrogens with one attached hydrogen (secondary N) is 3. The van der Waals surface area contributed by atoms with Crippen LogP contribution in [0.2, 0.25) is 0 Å². The molecule has 6 nitrogen and oxygen atoms in total. The first-order valence-electron chi connectivity index (χ1n) is 8.72. The minimum absolute atomic E-state index is 0. The van der Waals surface area contributed by atoms with Gasteiger partial charge in [-0.3, -0.25) is 4.79 Å². The molecule has 3 N–H and O–H groups in total. The summed E-state index contributed by atoms with van der Waals surface area (Å²) in [7, 11) is 0. The Morgan fingerprint density at radius 2 is 2.31 bits per heavy atom. The molecule has 1 aromatic rings. The maximum absolute atomic E-state index is 11.2. The average molecular weight is 472 g/mol. The first-order valence-corrected chi connectivity index (χ1v) is 8.72. The number of guanidine groups is 1. The highest BCUT2D eigenvalue weighted by Crippen LogP contribution is 2.15. The molecule has 2 rings (SSSR count). The molecule has 26 heavy (non-hydrogen) atoms. The molecular weight excluding hydrogens is 443 g/mol. The number of hydrogen-bond acceptors (Lipinski definition) is 3. The second kappa shape index (κ2) is 11.9. The maximum atomic E-state index is 11.2. The van der Waals surface area contributed by atoms with Gasteiger partial charge < -0.3 is 20.7 Å². The topological polar surface area (TPSA) is 74.8 Å². The minimum Gasteiger partial charge on any atom is -0.376 e. The van der Waals surface area contributed by atoms with Crippen LogP contribution < -0.4 is 16.0 Å². The molecule has 0 bridgehead atoms. The van der Waals surface area contributed by atoms with Crippen molar-refractivity contribution in [2.45, 2.75) is 45.4 Å². The van der Waals surface area contributed by atoms with Gasteiger partial charge in [0.2, 0.25) is 5.91 Å². The van der Waals surface area contributed by atoms with Crippen molar-refractivity contribution in [3.8, 4) is 0 Å². The van der Waals surface area contributed by atoms with Crippen molar-refractivity contribution in [2.75, 3.05) is 18.5 Å². The van der Waals surface area contributed by atoms with Gasteiger partial charge in [0, 0.05) is 25.8 Å². The van der Waals surface area contributed by atoms with Crippen LogP contribution in [-0.2, 0) is 16.1 Å². The quantitative estimate of drug-likeness (QED) is 0.247. The highest BCUT2D eigenvalue weighted by Gasteiger charge is 2.22. The van der Waals surface area contributed by atoms with Gasteiger partial charge in [-0.25, -0.2) is 4.99 Å². The number of aliphatic imine (C=N–C) groups is 1. The molecule has 1 heterocycles. The molecule has 1 aromatic carbocycles. The third-order valence-corrected chi connectivity index (χ3v) is 3.97. The van der Waals surface area contributed by atoms with Crippen LogP contribution in [-0.4, -0.2) is 37.2 Å². The molecule has 2 atom stereocenters. The van der Waals surface area contributed by atoms with Gasteiger partial charge in [0.05, 0.1) is 18.7 Å². The fourth-order valence-corrected chi connectivity index (χ4v) is 2.75. The van der Waals surface area contributed by atoms with Crippen LogP contribution in [0.15, 0.2) is 41.9 Å². The van der Waals surface area contributed by atoms with E-state index < -0.39 is 0 Å². The molecule has 1 saturated heterocycles. The summed E-state index contributed by atoms with van der Waals surface area (Å²) in [5.74, 6) is 0.647. The summed E-state index contributed by atoms with van der Waals surface area (Å²) in [5, 5.41) is 9.43. The lowest BCUT2D eigenvalue weighted by Crippen LogP contribution is -2.47. The normalized spacial score (nSPS) is 17.8. The van der Waals surface area contributed by atoms with Crippen molar-refractivity contribution in [3.63, 3.8) is 0 Å². The van der Waals surface area contributed by atoms with E-state index in [1.165, 1.54) is 6.92 Å². The first-order chi connectivity index (χ1) is 12.1. The van der Waals surface area contributed by atoms with Crippen LogP contribution in [0.25, 0.3) is 0 Å². The zero-order chi connectivity index (χ0) is 18.1. The Kier molecular flexibility index (Phi) is 10.3. The van der Waals surface area contributed by atoms with E-state index in [1.807, 2.05) is 24.3 Å². The van der Waals surface area contributed by atoms with Gasteiger partial charge in [-0.05, 0) is 37.5 Å². The molecule has 144 valence electrons. The van der Waals surface area contributed by atoms with E-state index in [0.29, 0.717) is 13.1 Å². The fraction of sp³-hybridized carbons (Fsp3) is 0.474. The molecule has 7 heteroatoms. The van der Waals surface area contributed by atoms with E-state index >= 15 is 0 Å². The Morgan fingerprint density at radius 1 is 1.50 bits per heavy atom. The van der Waals surface area contributed by atoms with Gasteiger partial charge in [0.15, 0.2) is 5.96 Å². The van der Waals surface area contributed by atoms with Crippen molar-refractivity contribution in [2.24, 2.45) is 4.99 Å². The lowest BCUT2D eigenvalue weighted by atomic mass is 10.1. The number of carbonyl (C=O) groups excluding carboxylic acids is 1. The molecule has 2 unspecified atom stereocenters. The van der Waals surface area contributed by atoms with E-state index in [4.69, 9.17) is 4.74 Å². The van der Waals surface area contributed by atoms with Crippen LogP contribution in [0.5, 0.6) is 0 Å². The molecule has 0 spiro atoms. The molecular formula is C19H29IN4O2. The van der Waals surface area contributed by atoms with Gasteiger partial charge >= 0.3 is 0 Å². The Labute approximate surface area is 172 Å². The number of amides is 1. The predicted octanol–water partition coefficient (Wildman–Crippen LogP) is 3.05. The van der Waals surface area contributed by atoms with E-state index in [1.54, 1.807) is 6.08 Å². The molecule has 1 aliphatic heterocycles. The molecule has 0 radical (unpaired) electrons. The van der Waals surface area contributed by atoms with Crippen LogP contribution in [0.1, 0.15) is 32.3 Å². The average Bonchev–Trinajstić information content (AvgIpc) is 3.11. The van der Waals surface area contributed by atoms with E-state index in [-0.39, 0.29) is 42.0 Å². The second-order valence-corrected chi connectivity index (χ2v) is 6.20. The summed E-state index contributed by atoms with van der Waals surface area (Å²) in [6.07, 6.45) is 4.20. The third kappa shape index (κ3) is 7.74.